The molecule has 3 aliphatic heterocycles. The normalized spacial score (nSPS) is 26.6. The Morgan fingerprint density at radius 3 is 2.80 bits per heavy atom. The highest BCUT2D eigenvalue weighted by atomic mass is 16.5. The summed E-state index contributed by atoms with van der Waals surface area (Å²) in [6, 6.07) is 23.4. The zero-order chi connectivity index (χ0) is 24.0. The van der Waals surface area contributed by atoms with Gasteiger partial charge in [0, 0.05) is 35.9 Å². The SMILES string of the molecule is C=CC1C[N+]2(Cc3ccc4ccccc4c3)CCC1CC2[C@H](O)c1ccnc2ccc(OC)cc12. The highest BCUT2D eigenvalue weighted by Crippen LogP contribution is 2.48. The first-order valence-electron chi connectivity index (χ1n) is 12.7. The lowest BCUT2D eigenvalue weighted by molar-refractivity contribution is -0.984. The van der Waals surface area contributed by atoms with E-state index in [0.29, 0.717) is 11.8 Å². The monoisotopic (exact) mass is 465 g/mol. The fourth-order valence-corrected chi connectivity index (χ4v) is 6.82. The molecular formula is C31H33N2O2+. The molecule has 0 saturated carbocycles. The third-order valence-electron chi connectivity index (χ3n) is 8.65. The molecule has 35 heavy (non-hydrogen) atoms. The minimum Gasteiger partial charge on any atom is -0.497 e. The van der Waals surface area contributed by atoms with Gasteiger partial charge in [-0.3, -0.25) is 4.98 Å². The zero-order valence-electron chi connectivity index (χ0n) is 20.3. The van der Waals surface area contributed by atoms with Crippen LogP contribution in [0, 0.1) is 11.8 Å². The lowest BCUT2D eigenvalue weighted by Gasteiger charge is -2.58. The zero-order valence-corrected chi connectivity index (χ0v) is 20.3. The van der Waals surface area contributed by atoms with Crippen molar-refractivity contribution in [2.45, 2.75) is 31.5 Å². The largest absolute Gasteiger partial charge is 0.497 e. The molecule has 3 saturated heterocycles. The van der Waals surface area contributed by atoms with Crippen LogP contribution in [0.2, 0.25) is 0 Å². The first-order chi connectivity index (χ1) is 17.1. The van der Waals surface area contributed by atoms with Gasteiger partial charge in [0.25, 0.3) is 0 Å². The molecule has 0 spiro atoms. The van der Waals surface area contributed by atoms with Crippen molar-refractivity contribution < 1.29 is 14.3 Å². The maximum atomic E-state index is 12.0. The van der Waals surface area contributed by atoms with E-state index in [-0.39, 0.29) is 6.04 Å². The van der Waals surface area contributed by atoms with Gasteiger partial charge in [0.1, 0.15) is 24.4 Å². The molecule has 1 N–H and O–H groups in total. The van der Waals surface area contributed by atoms with Crippen molar-refractivity contribution in [3.63, 3.8) is 0 Å². The predicted molar refractivity (Wildman–Crippen MR) is 141 cm³/mol. The summed E-state index contributed by atoms with van der Waals surface area (Å²) in [4.78, 5) is 4.55. The summed E-state index contributed by atoms with van der Waals surface area (Å²) in [5.41, 5.74) is 3.19. The molecule has 4 heteroatoms. The van der Waals surface area contributed by atoms with Gasteiger partial charge in [-0.2, -0.15) is 0 Å². The number of piperidine rings is 3. The second-order valence-corrected chi connectivity index (χ2v) is 10.4. The molecule has 3 aliphatic rings. The first kappa shape index (κ1) is 22.3. The summed E-state index contributed by atoms with van der Waals surface area (Å²) in [6.07, 6.45) is 5.62. The summed E-state index contributed by atoms with van der Waals surface area (Å²) < 4.78 is 6.39. The van der Waals surface area contributed by atoms with Gasteiger partial charge >= 0.3 is 0 Å². The van der Waals surface area contributed by atoms with Crippen molar-refractivity contribution in [2.24, 2.45) is 11.8 Å². The minimum atomic E-state index is -0.568. The van der Waals surface area contributed by atoms with Crippen LogP contribution in [0.1, 0.15) is 30.1 Å². The third-order valence-corrected chi connectivity index (χ3v) is 8.65. The van der Waals surface area contributed by atoms with Gasteiger partial charge < -0.3 is 14.3 Å². The van der Waals surface area contributed by atoms with E-state index < -0.39 is 6.10 Å². The predicted octanol–water partition coefficient (Wildman–Crippen LogP) is 6.04. The van der Waals surface area contributed by atoms with Gasteiger partial charge in [0.15, 0.2) is 0 Å². The molecule has 4 unspecified atom stereocenters. The topological polar surface area (TPSA) is 42.4 Å². The van der Waals surface area contributed by atoms with Crippen LogP contribution in [0.3, 0.4) is 0 Å². The maximum Gasteiger partial charge on any atom is 0.131 e. The number of hydrogen-bond donors (Lipinski definition) is 1. The van der Waals surface area contributed by atoms with Crippen LogP contribution in [0.5, 0.6) is 5.75 Å². The molecule has 7 rings (SSSR count). The minimum absolute atomic E-state index is 0.133. The van der Waals surface area contributed by atoms with E-state index in [9.17, 15) is 5.11 Å². The Balaban J connectivity index is 1.41. The van der Waals surface area contributed by atoms with E-state index in [1.54, 1.807) is 7.11 Å². The number of hydrogen-bond acceptors (Lipinski definition) is 3. The Morgan fingerprint density at radius 1 is 1.11 bits per heavy atom. The van der Waals surface area contributed by atoms with Crippen molar-refractivity contribution in [2.75, 3.05) is 20.2 Å². The number of quaternary nitrogens is 1. The Bertz CT molecular complexity index is 1400. The molecule has 2 bridgehead atoms. The van der Waals surface area contributed by atoms with E-state index >= 15 is 0 Å². The molecule has 178 valence electrons. The van der Waals surface area contributed by atoms with E-state index in [1.165, 1.54) is 22.8 Å². The highest BCUT2D eigenvalue weighted by molar-refractivity contribution is 5.84. The van der Waals surface area contributed by atoms with Crippen LogP contribution in [-0.4, -0.2) is 40.8 Å². The Labute approximate surface area is 207 Å². The van der Waals surface area contributed by atoms with Crippen molar-refractivity contribution in [3.8, 4) is 5.75 Å². The van der Waals surface area contributed by atoms with E-state index in [1.807, 2.05) is 30.5 Å². The number of aromatic nitrogens is 1. The number of ether oxygens (including phenoxy) is 1. The summed E-state index contributed by atoms with van der Waals surface area (Å²) in [6.45, 7) is 7.23. The number of fused-ring (bicyclic) bond motifs is 5. The third kappa shape index (κ3) is 3.81. The molecule has 4 aromatic rings. The number of aliphatic hydroxyl groups is 1. The molecule has 3 fully saturated rings. The van der Waals surface area contributed by atoms with E-state index in [4.69, 9.17) is 4.74 Å². The van der Waals surface area contributed by atoms with E-state index in [0.717, 1.165) is 52.8 Å². The van der Waals surface area contributed by atoms with Gasteiger partial charge in [0.2, 0.25) is 0 Å². The summed E-state index contributed by atoms with van der Waals surface area (Å²) in [5.74, 6) is 1.88. The number of pyridine rings is 1. The van der Waals surface area contributed by atoms with Crippen LogP contribution in [-0.2, 0) is 6.54 Å². The molecule has 0 amide bonds. The van der Waals surface area contributed by atoms with Crippen LogP contribution in [0.4, 0.5) is 0 Å². The van der Waals surface area contributed by atoms with Gasteiger partial charge in [-0.25, -0.2) is 0 Å². The quantitative estimate of drug-likeness (QED) is 0.279. The van der Waals surface area contributed by atoms with Gasteiger partial charge in [0.05, 0.1) is 25.7 Å². The highest BCUT2D eigenvalue weighted by Gasteiger charge is 2.54. The van der Waals surface area contributed by atoms with Gasteiger partial charge in [-0.05, 0) is 52.6 Å². The fraction of sp³-hybridized carbons (Fsp3) is 0.323. The summed E-state index contributed by atoms with van der Waals surface area (Å²) >= 11 is 0. The van der Waals surface area contributed by atoms with Crippen LogP contribution >= 0.6 is 0 Å². The van der Waals surface area contributed by atoms with Crippen molar-refractivity contribution >= 4 is 21.7 Å². The molecule has 0 radical (unpaired) electrons. The van der Waals surface area contributed by atoms with Crippen molar-refractivity contribution in [1.29, 1.82) is 0 Å². The molecule has 1 aromatic heterocycles. The number of benzene rings is 3. The molecule has 0 aliphatic carbocycles. The second kappa shape index (κ2) is 8.78. The molecule has 4 nitrogen and oxygen atoms in total. The molecular weight excluding hydrogens is 432 g/mol. The molecule has 5 atom stereocenters. The smallest absolute Gasteiger partial charge is 0.131 e. The lowest BCUT2D eigenvalue weighted by Crippen LogP contribution is -2.67. The standard InChI is InChI=1S/C31H33N2O2/c1-3-22-20-33(19-21-8-9-23-6-4-5-7-24(23)16-21)15-13-25(22)17-30(33)31(34)27-12-14-32-29-11-10-26(35-2)18-28(27)29/h3-12,14,16,18,22,25,30-31,34H,1,13,15,17,19-20H2,2H3/q+1/t22?,25?,30?,31-,33?/m1/s1. The average Bonchev–Trinajstić information content (AvgIpc) is 2.91. The fourth-order valence-electron chi connectivity index (χ4n) is 6.82. The average molecular weight is 466 g/mol. The summed E-state index contributed by atoms with van der Waals surface area (Å²) in [5, 5.41) is 15.5. The van der Waals surface area contributed by atoms with Crippen molar-refractivity contribution in [1.82, 2.24) is 4.98 Å². The number of nitrogens with zero attached hydrogens (tertiary/aromatic N) is 2. The number of methoxy groups -OCH3 is 1. The number of aliphatic hydroxyl groups excluding tert-OH is 1. The van der Waals surface area contributed by atoms with E-state index in [2.05, 4.69) is 60.1 Å². The molecule has 4 heterocycles. The number of rotatable bonds is 6. The lowest BCUT2D eigenvalue weighted by atomic mass is 9.71. The molecule has 3 aromatic carbocycles. The second-order valence-electron chi connectivity index (χ2n) is 10.4. The van der Waals surface area contributed by atoms with Crippen molar-refractivity contribution in [3.05, 3.63) is 96.7 Å². The Kier molecular flexibility index (Phi) is 5.58. The van der Waals surface area contributed by atoms with Crippen LogP contribution < -0.4 is 4.74 Å². The van der Waals surface area contributed by atoms with Crippen LogP contribution in [0.25, 0.3) is 21.7 Å². The summed E-state index contributed by atoms with van der Waals surface area (Å²) in [7, 11) is 1.68. The first-order valence-corrected chi connectivity index (χ1v) is 12.7. The van der Waals surface area contributed by atoms with Gasteiger partial charge in [-0.1, -0.05) is 42.5 Å². The Hall–Kier alpha value is -3.21. The Morgan fingerprint density at radius 2 is 1.97 bits per heavy atom. The van der Waals surface area contributed by atoms with Gasteiger partial charge in [-0.15, -0.1) is 6.58 Å². The maximum absolute atomic E-state index is 12.0. The van der Waals surface area contributed by atoms with Crippen LogP contribution in [0.15, 0.2) is 85.6 Å².